The van der Waals surface area contributed by atoms with E-state index in [0.717, 1.165) is 12.8 Å². The van der Waals surface area contributed by atoms with Crippen LogP contribution < -0.4 is 0 Å². The van der Waals surface area contributed by atoms with Crippen molar-refractivity contribution in [2.75, 3.05) is 0 Å². The highest BCUT2D eigenvalue weighted by atomic mass is 19.1. The van der Waals surface area contributed by atoms with Crippen molar-refractivity contribution in [3.8, 4) is 0 Å². The number of halogens is 1. The lowest BCUT2D eigenvalue weighted by Gasteiger charge is -1.95. The van der Waals surface area contributed by atoms with Gasteiger partial charge in [-0.05, 0) is 13.3 Å². The van der Waals surface area contributed by atoms with E-state index >= 15 is 0 Å². The largest absolute Gasteiger partial charge is 0.248 e. The first-order chi connectivity index (χ1) is 3.27. The molecule has 0 rings (SSSR count). The third-order valence-electron chi connectivity index (χ3n) is 0.852. The van der Waals surface area contributed by atoms with E-state index in [0.29, 0.717) is 6.42 Å². The minimum absolute atomic E-state index is 0.637. The van der Waals surface area contributed by atoms with Crippen LogP contribution in [-0.4, -0.2) is 6.17 Å². The fourth-order valence-electron chi connectivity index (χ4n) is 0.426. The van der Waals surface area contributed by atoms with Crippen molar-refractivity contribution in [2.45, 2.75) is 32.4 Å². The molecule has 7 heavy (non-hydrogen) atoms. The van der Waals surface area contributed by atoms with Crippen LogP contribution >= 0.6 is 0 Å². The highest BCUT2D eigenvalue weighted by Gasteiger charge is 1.93. The zero-order valence-electron chi connectivity index (χ0n) is 4.78. The van der Waals surface area contributed by atoms with Crippen molar-refractivity contribution >= 4 is 0 Å². The molecule has 0 saturated carbocycles. The van der Waals surface area contributed by atoms with Gasteiger partial charge < -0.3 is 0 Å². The van der Waals surface area contributed by atoms with Gasteiger partial charge >= 0.3 is 0 Å². The summed E-state index contributed by atoms with van der Waals surface area (Å²) in [6.07, 6.45) is 1.80. The van der Waals surface area contributed by atoms with Gasteiger partial charge in [-0.15, -0.1) is 0 Å². The Balaban J connectivity index is 2.68. The number of unbranched alkanes of at least 4 members (excludes halogenated alkanes) is 1. The van der Waals surface area contributed by atoms with Gasteiger partial charge in [0, 0.05) is 0 Å². The summed E-state index contributed by atoms with van der Waals surface area (Å²) in [6.45, 7) is 5.17. The molecule has 0 fully saturated rings. The molecule has 0 bridgehead atoms. The molecule has 0 heterocycles. The Kier molecular flexibility index (Phi) is 4.06. The van der Waals surface area contributed by atoms with E-state index in [4.69, 9.17) is 0 Å². The molecule has 0 aliphatic rings. The summed E-state index contributed by atoms with van der Waals surface area (Å²) in [5, 5.41) is 0. The normalized spacial score (nSPS) is 14.1. The number of rotatable bonds is 3. The van der Waals surface area contributed by atoms with Crippen LogP contribution in [0.4, 0.5) is 4.39 Å². The van der Waals surface area contributed by atoms with E-state index in [9.17, 15) is 4.39 Å². The topological polar surface area (TPSA) is 0 Å². The monoisotopic (exact) mass is 103 g/mol. The van der Waals surface area contributed by atoms with Crippen molar-refractivity contribution in [3.63, 3.8) is 0 Å². The average molecular weight is 103 g/mol. The van der Waals surface area contributed by atoms with Gasteiger partial charge in [-0.3, -0.25) is 0 Å². The third kappa shape index (κ3) is 5.93. The van der Waals surface area contributed by atoms with Gasteiger partial charge in [0.1, 0.15) is 0 Å². The Bertz CT molecular complexity index is 33.2. The lowest BCUT2D eigenvalue weighted by Crippen LogP contribution is -1.89. The third-order valence-corrected chi connectivity index (χ3v) is 0.852. The maximum Gasteiger partial charge on any atom is 0.0973 e. The van der Waals surface area contributed by atoms with E-state index in [1.54, 1.807) is 6.92 Å². The Morgan fingerprint density at radius 3 is 2.43 bits per heavy atom. The second kappa shape index (κ2) is 4.10. The van der Waals surface area contributed by atoms with Gasteiger partial charge in [0.15, 0.2) is 0 Å². The average Bonchev–Trinajstić information content (AvgIpc) is 1.61. The van der Waals surface area contributed by atoms with E-state index in [-0.39, 0.29) is 0 Å². The standard InChI is InChI=1S/C6H12F/c1-3-4-5-6(2)7/h6H,1,3-5H2,2H3/t6-/m1/s1. The second-order valence-corrected chi connectivity index (χ2v) is 1.78. The molecule has 1 heteroatoms. The van der Waals surface area contributed by atoms with Gasteiger partial charge in [-0.25, -0.2) is 4.39 Å². The summed E-state index contributed by atoms with van der Waals surface area (Å²) >= 11 is 0. The fourth-order valence-corrected chi connectivity index (χ4v) is 0.426. The molecule has 43 valence electrons. The molecule has 0 aliphatic heterocycles. The first kappa shape index (κ1) is 6.93. The fraction of sp³-hybridized carbons (Fsp3) is 0.833. The molecule has 0 aliphatic carbocycles. The van der Waals surface area contributed by atoms with Crippen LogP contribution in [0.2, 0.25) is 0 Å². The summed E-state index contributed by atoms with van der Waals surface area (Å²) in [4.78, 5) is 0. The first-order valence-electron chi connectivity index (χ1n) is 2.70. The summed E-state index contributed by atoms with van der Waals surface area (Å²) in [5.74, 6) is 0. The van der Waals surface area contributed by atoms with Crippen molar-refractivity contribution < 1.29 is 4.39 Å². The molecule has 0 aromatic heterocycles. The number of hydrogen-bond acceptors (Lipinski definition) is 0. The molecule has 1 atom stereocenters. The number of alkyl halides is 1. The molecule has 0 aromatic carbocycles. The number of hydrogen-bond donors (Lipinski definition) is 0. The lowest BCUT2D eigenvalue weighted by molar-refractivity contribution is 0.335. The van der Waals surface area contributed by atoms with E-state index in [1.165, 1.54) is 0 Å². The molecular weight excluding hydrogens is 91.1 g/mol. The SMILES string of the molecule is [CH2]CCC[C@@H](C)F. The Labute approximate surface area is 44.7 Å². The van der Waals surface area contributed by atoms with Gasteiger partial charge in [0.05, 0.1) is 6.17 Å². The molecule has 0 aromatic rings. The Morgan fingerprint density at radius 2 is 2.29 bits per heavy atom. The second-order valence-electron chi connectivity index (χ2n) is 1.78. The van der Waals surface area contributed by atoms with E-state index < -0.39 is 6.17 Å². The van der Waals surface area contributed by atoms with E-state index in [1.807, 2.05) is 0 Å². The Hall–Kier alpha value is -0.0700. The zero-order valence-corrected chi connectivity index (χ0v) is 4.78. The van der Waals surface area contributed by atoms with Crippen molar-refractivity contribution in [1.29, 1.82) is 0 Å². The van der Waals surface area contributed by atoms with Crippen LogP contribution in [-0.2, 0) is 0 Å². The summed E-state index contributed by atoms with van der Waals surface area (Å²) in [7, 11) is 0. The first-order valence-corrected chi connectivity index (χ1v) is 2.70. The van der Waals surface area contributed by atoms with Gasteiger partial charge in [-0.1, -0.05) is 19.8 Å². The van der Waals surface area contributed by atoms with Crippen LogP contribution in [0, 0.1) is 6.92 Å². The van der Waals surface area contributed by atoms with Crippen LogP contribution in [0.5, 0.6) is 0 Å². The van der Waals surface area contributed by atoms with Crippen molar-refractivity contribution in [3.05, 3.63) is 6.92 Å². The van der Waals surface area contributed by atoms with Crippen molar-refractivity contribution in [1.82, 2.24) is 0 Å². The van der Waals surface area contributed by atoms with E-state index in [2.05, 4.69) is 6.92 Å². The highest BCUT2D eigenvalue weighted by molar-refractivity contribution is 4.48. The quantitative estimate of drug-likeness (QED) is 0.514. The minimum atomic E-state index is -0.637. The van der Waals surface area contributed by atoms with Crippen molar-refractivity contribution in [2.24, 2.45) is 0 Å². The van der Waals surface area contributed by atoms with Crippen LogP contribution in [0.25, 0.3) is 0 Å². The highest BCUT2D eigenvalue weighted by Crippen LogP contribution is 2.01. The summed E-state index contributed by atoms with van der Waals surface area (Å²) in [5.41, 5.74) is 0. The van der Waals surface area contributed by atoms with Gasteiger partial charge in [0.25, 0.3) is 0 Å². The van der Waals surface area contributed by atoms with Crippen LogP contribution in [0.15, 0.2) is 0 Å². The zero-order chi connectivity index (χ0) is 5.70. The van der Waals surface area contributed by atoms with Gasteiger partial charge in [0.2, 0.25) is 0 Å². The predicted molar refractivity (Wildman–Crippen MR) is 29.8 cm³/mol. The Morgan fingerprint density at radius 1 is 1.71 bits per heavy atom. The lowest BCUT2D eigenvalue weighted by atomic mass is 10.2. The van der Waals surface area contributed by atoms with Crippen LogP contribution in [0.3, 0.4) is 0 Å². The summed E-state index contributed by atoms with van der Waals surface area (Å²) < 4.78 is 11.9. The smallest absolute Gasteiger partial charge is 0.0973 e. The predicted octanol–water partition coefficient (Wildman–Crippen LogP) is 2.35. The molecule has 0 amide bonds. The maximum atomic E-state index is 11.9. The molecule has 1 radical (unpaired) electrons. The van der Waals surface area contributed by atoms with Crippen LogP contribution in [0.1, 0.15) is 26.2 Å². The van der Waals surface area contributed by atoms with Gasteiger partial charge in [-0.2, -0.15) is 0 Å². The molecule has 0 N–H and O–H groups in total. The summed E-state index contributed by atoms with van der Waals surface area (Å²) in [6, 6.07) is 0. The molecule has 0 saturated heterocycles. The molecule has 0 nitrogen and oxygen atoms in total. The molecule has 0 unspecified atom stereocenters. The minimum Gasteiger partial charge on any atom is -0.248 e. The molecule has 0 spiro atoms. The molecular formula is C6H12F. The maximum absolute atomic E-state index is 11.9.